The molecule has 0 aliphatic rings. The Bertz CT molecular complexity index is 951. The number of ketones is 1. The van der Waals surface area contributed by atoms with Gasteiger partial charge in [0.15, 0.2) is 17.3 Å². The number of nitrogens with zero attached hydrogens (tertiary/aromatic N) is 2. The number of carbonyl (C=O) groups is 1. The second-order valence-electron chi connectivity index (χ2n) is 5.45. The Hall–Kier alpha value is -3.75. The van der Waals surface area contributed by atoms with Gasteiger partial charge >= 0.3 is 0 Å². The van der Waals surface area contributed by atoms with Gasteiger partial charge in [0.05, 0.1) is 41.3 Å². The van der Waals surface area contributed by atoms with Gasteiger partial charge < -0.3 is 9.47 Å². The Balaban J connectivity index is 2.43. The first-order chi connectivity index (χ1) is 12.8. The number of aryl methyl sites for hydroxylation is 1. The molecule has 0 unspecified atom stereocenters. The van der Waals surface area contributed by atoms with Gasteiger partial charge in [0.2, 0.25) is 0 Å². The van der Waals surface area contributed by atoms with E-state index in [-0.39, 0.29) is 16.9 Å². The summed E-state index contributed by atoms with van der Waals surface area (Å²) >= 11 is 0. The maximum Gasteiger partial charge on any atom is 0.283 e. The summed E-state index contributed by atoms with van der Waals surface area (Å²) in [6, 6.07) is 6.45. The van der Waals surface area contributed by atoms with Crippen molar-refractivity contribution in [3.05, 3.63) is 73.3 Å². The molecule has 0 heterocycles. The van der Waals surface area contributed by atoms with E-state index in [2.05, 4.69) is 0 Å². The van der Waals surface area contributed by atoms with E-state index in [4.69, 9.17) is 9.47 Å². The van der Waals surface area contributed by atoms with Crippen LogP contribution in [0.4, 0.5) is 11.4 Å². The third-order valence-corrected chi connectivity index (χ3v) is 3.82. The molecule has 27 heavy (non-hydrogen) atoms. The Kier molecular flexibility index (Phi) is 5.86. The number of carbonyl (C=O) groups excluding carboxylic acids is 1. The zero-order chi connectivity index (χ0) is 20.1. The lowest BCUT2D eigenvalue weighted by molar-refractivity contribution is -0.394. The number of hydrogen-bond acceptors (Lipinski definition) is 7. The van der Waals surface area contributed by atoms with Crippen LogP contribution < -0.4 is 9.47 Å². The molecule has 140 valence electrons. The normalized spacial score (nSPS) is 10.6. The SMILES string of the molecule is COc1c(C)ccc(C(=O)/C=C/c2ccc([N+](=O)[O-])cc2[N+](=O)[O-])c1OC. The smallest absolute Gasteiger partial charge is 0.283 e. The van der Waals surface area contributed by atoms with Crippen molar-refractivity contribution in [3.8, 4) is 11.5 Å². The van der Waals surface area contributed by atoms with E-state index in [9.17, 15) is 25.0 Å². The number of rotatable bonds is 7. The molecule has 0 saturated carbocycles. The van der Waals surface area contributed by atoms with Crippen LogP contribution in [0.5, 0.6) is 11.5 Å². The van der Waals surface area contributed by atoms with Crippen LogP contribution in [0, 0.1) is 27.2 Å². The molecule has 0 atom stereocenters. The van der Waals surface area contributed by atoms with Gasteiger partial charge in [-0.05, 0) is 36.8 Å². The second-order valence-corrected chi connectivity index (χ2v) is 5.45. The summed E-state index contributed by atoms with van der Waals surface area (Å²) < 4.78 is 10.5. The lowest BCUT2D eigenvalue weighted by atomic mass is 10.0. The van der Waals surface area contributed by atoms with Crippen LogP contribution in [0.2, 0.25) is 0 Å². The Morgan fingerprint density at radius 1 is 1.00 bits per heavy atom. The fourth-order valence-electron chi connectivity index (χ4n) is 2.51. The van der Waals surface area contributed by atoms with E-state index in [0.29, 0.717) is 5.75 Å². The molecule has 0 saturated heterocycles. The molecule has 0 aliphatic heterocycles. The predicted octanol–water partition coefficient (Wildman–Crippen LogP) is 3.72. The molecule has 0 N–H and O–H groups in total. The van der Waals surface area contributed by atoms with E-state index >= 15 is 0 Å². The number of non-ortho nitro benzene ring substituents is 1. The first-order valence-electron chi connectivity index (χ1n) is 7.67. The molecule has 0 aromatic heterocycles. The van der Waals surface area contributed by atoms with Gasteiger partial charge in [-0.2, -0.15) is 0 Å². The minimum absolute atomic E-state index is 0.0667. The van der Waals surface area contributed by atoms with Crippen molar-refractivity contribution >= 4 is 23.2 Å². The van der Waals surface area contributed by atoms with E-state index in [0.717, 1.165) is 23.8 Å². The molecule has 0 radical (unpaired) electrons. The van der Waals surface area contributed by atoms with E-state index in [1.807, 2.05) is 0 Å². The maximum atomic E-state index is 12.5. The van der Waals surface area contributed by atoms with Crippen molar-refractivity contribution in [3.63, 3.8) is 0 Å². The van der Waals surface area contributed by atoms with E-state index in [1.165, 1.54) is 26.4 Å². The fraction of sp³-hybridized carbons (Fsp3) is 0.167. The number of ether oxygens (including phenoxy) is 2. The Morgan fingerprint density at radius 2 is 1.67 bits per heavy atom. The average molecular weight is 372 g/mol. The van der Waals surface area contributed by atoms with Crippen LogP contribution in [0.25, 0.3) is 6.08 Å². The Labute approximate surface area is 154 Å². The number of allylic oxidation sites excluding steroid dienone is 1. The summed E-state index contributed by atoms with van der Waals surface area (Å²) in [7, 11) is 2.86. The molecule has 9 nitrogen and oxygen atoms in total. The van der Waals surface area contributed by atoms with Crippen LogP contribution >= 0.6 is 0 Å². The molecule has 2 aromatic carbocycles. The number of hydrogen-bond donors (Lipinski definition) is 0. The minimum atomic E-state index is -0.743. The molecule has 0 bridgehead atoms. The molecule has 0 amide bonds. The summed E-state index contributed by atoms with van der Waals surface area (Å²) in [5.41, 5.74) is 0.190. The van der Waals surface area contributed by atoms with Crippen molar-refractivity contribution in [1.29, 1.82) is 0 Å². The van der Waals surface area contributed by atoms with Crippen molar-refractivity contribution in [1.82, 2.24) is 0 Å². The van der Waals surface area contributed by atoms with Crippen molar-refractivity contribution < 1.29 is 24.1 Å². The summed E-state index contributed by atoms with van der Waals surface area (Å²) in [4.78, 5) is 33.0. The van der Waals surface area contributed by atoms with Crippen LogP contribution in [0.15, 0.2) is 36.4 Å². The first kappa shape index (κ1) is 19.6. The van der Waals surface area contributed by atoms with E-state index < -0.39 is 27.0 Å². The van der Waals surface area contributed by atoms with Gasteiger partial charge in [-0.15, -0.1) is 0 Å². The lowest BCUT2D eigenvalue weighted by Crippen LogP contribution is -2.02. The van der Waals surface area contributed by atoms with Crippen molar-refractivity contribution in [2.24, 2.45) is 0 Å². The average Bonchev–Trinajstić information content (AvgIpc) is 2.65. The summed E-state index contributed by atoms with van der Waals surface area (Å²) in [6.07, 6.45) is 2.37. The maximum absolute atomic E-state index is 12.5. The second kappa shape index (κ2) is 8.09. The fourth-order valence-corrected chi connectivity index (χ4v) is 2.51. The molecule has 0 fully saturated rings. The quantitative estimate of drug-likeness (QED) is 0.314. The van der Waals surface area contributed by atoms with E-state index in [1.54, 1.807) is 19.1 Å². The first-order valence-corrected chi connectivity index (χ1v) is 7.67. The molecule has 0 spiro atoms. The van der Waals surface area contributed by atoms with Gasteiger partial charge in [-0.1, -0.05) is 6.07 Å². The number of benzene rings is 2. The molecular weight excluding hydrogens is 356 g/mol. The molecule has 2 aromatic rings. The molecule has 0 aliphatic carbocycles. The Morgan fingerprint density at radius 3 is 2.22 bits per heavy atom. The molecular formula is C18H16N2O7. The van der Waals surface area contributed by atoms with Gasteiger partial charge in [-0.3, -0.25) is 25.0 Å². The molecule has 2 rings (SSSR count). The predicted molar refractivity (Wildman–Crippen MR) is 97.4 cm³/mol. The highest BCUT2D eigenvalue weighted by molar-refractivity contribution is 6.09. The number of nitro groups is 2. The third-order valence-electron chi connectivity index (χ3n) is 3.82. The summed E-state index contributed by atoms with van der Waals surface area (Å²) in [5.74, 6) is 0.209. The van der Waals surface area contributed by atoms with Gasteiger partial charge in [-0.25, -0.2) is 0 Å². The van der Waals surface area contributed by atoms with Gasteiger partial charge in [0.1, 0.15) is 0 Å². The highest BCUT2D eigenvalue weighted by Gasteiger charge is 2.19. The lowest BCUT2D eigenvalue weighted by Gasteiger charge is -2.13. The highest BCUT2D eigenvalue weighted by Crippen LogP contribution is 2.35. The minimum Gasteiger partial charge on any atom is -0.493 e. The summed E-state index contributed by atoms with van der Waals surface area (Å²) in [6.45, 7) is 1.80. The van der Waals surface area contributed by atoms with Crippen LogP contribution in [0.1, 0.15) is 21.5 Å². The standard InChI is InChI=1S/C18H16N2O7/c1-11-4-8-14(18(27-3)17(11)26-2)16(21)9-6-12-5-7-13(19(22)23)10-15(12)20(24)25/h4-10H,1-3H3/b9-6+. The highest BCUT2D eigenvalue weighted by atomic mass is 16.6. The van der Waals surface area contributed by atoms with Gasteiger partial charge in [0, 0.05) is 6.07 Å². The number of methoxy groups -OCH3 is 2. The number of nitro benzene ring substituents is 2. The largest absolute Gasteiger partial charge is 0.493 e. The van der Waals surface area contributed by atoms with Gasteiger partial charge in [0.25, 0.3) is 11.4 Å². The monoisotopic (exact) mass is 372 g/mol. The van der Waals surface area contributed by atoms with Crippen molar-refractivity contribution in [2.45, 2.75) is 6.92 Å². The zero-order valence-corrected chi connectivity index (χ0v) is 14.8. The third kappa shape index (κ3) is 4.09. The van der Waals surface area contributed by atoms with Crippen LogP contribution in [-0.4, -0.2) is 29.8 Å². The summed E-state index contributed by atoms with van der Waals surface area (Å²) in [5, 5.41) is 21.9. The zero-order valence-electron chi connectivity index (χ0n) is 14.8. The molecule has 9 heteroatoms. The van der Waals surface area contributed by atoms with Crippen LogP contribution in [0.3, 0.4) is 0 Å². The van der Waals surface area contributed by atoms with Crippen molar-refractivity contribution in [2.75, 3.05) is 14.2 Å². The topological polar surface area (TPSA) is 122 Å². The van der Waals surface area contributed by atoms with Crippen LogP contribution in [-0.2, 0) is 0 Å².